The smallest absolute Gasteiger partial charge is 0.277 e. The van der Waals surface area contributed by atoms with Crippen LogP contribution in [0.3, 0.4) is 0 Å². The fourth-order valence-corrected chi connectivity index (χ4v) is 2.22. The van der Waals surface area contributed by atoms with Crippen LogP contribution in [0.25, 0.3) is 0 Å². The molecule has 0 fully saturated rings. The van der Waals surface area contributed by atoms with Crippen LogP contribution in [0.5, 0.6) is 0 Å². The molecular weight excluding hydrogens is 265 g/mol. The molecule has 3 N–H and O–H groups in total. The first-order valence-corrected chi connectivity index (χ1v) is 7.09. The number of hydrogen-bond donors (Lipinski definition) is 1. The van der Waals surface area contributed by atoms with Gasteiger partial charge in [-0.1, -0.05) is 43.8 Å². The summed E-state index contributed by atoms with van der Waals surface area (Å²) in [5.41, 5.74) is 4.62. The van der Waals surface area contributed by atoms with Crippen molar-refractivity contribution >= 4 is 11.8 Å². The van der Waals surface area contributed by atoms with Gasteiger partial charge in [-0.3, -0.25) is 0 Å². The maximum absolute atomic E-state index is 13.4. The molecule has 0 spiro atoms. The van der Waals surface area contributed by atoms with E-state index in [1.54, 1.807) is 12.1 Å². The number of quaternary nitrogens is 1. The Hall–Kier alpha value is -1.40. The summed E-state index contributed by atoms with van der Waals surface area (Å²) in [4.78, 5) is 0. The Bertz CT molecular complexity index is 544. The van der Waals surface area contributed by atoms with Crippen molar-refractivity contribution in [3.63, 3.8) is 0 Å². The van der Waals surface area contributed by atoms with Gasteiger partial charge in [0.15, 0.2) is 6.04 Å². The first kappa shape index (κ1) is 14.0. The lowest BCUT2D eigenvalue weighted by Gasteiger charge is -2.06. The van der Waals surface area contributed by atoms with E-state index in [2.05, 4.69) is 15.9 Å². The molecule has 1 heterocycles. The fourth-order valence-electron chi connectivity index (χ4n) is 1.47. The van der Waals surface area contributed by atoms with Gasteiger partial charge in [0.1, 0.15) is 5.82 Å². The SMILES string of the molecule is CC(C)[C@H]([NH3+])c1nnc(SCc2ccccc2F)o1. The second kappa shape index (κ2) is 6.16. The van der Waals surface area contributed by atoms with Gasteiger partial charge in [-0.25, -0.2) is 4.39 Å². The summed E-state index contributed by atoms with van der Waals surface area (Å²) in [6.45, 7) is 4.10. The fraction of sp³-hybridized carbons (Fsp3) is 0.385. The van der Waals surface area contributed by atoms with Gasteiger partial charge in [-0.2, -0.15) is 0 Å². The van der Waals surface area contributed by atoms with Crippen LogP contribution in [0, 0.1) is 11.7 Å². The van der Waals surface area contributed by atoms with Crippen molar-refractivity contribution in [3.8, 4) is 0 Å². The molecule has 0 aliphatic heterocycles. The summed E-state index contributed by atoms with van der Waals surface area (Å²) in [5.74, 6) is 1.13. The van der Waals surface area contributed by atoms with Crippen molar-refractivity contribution in [3.05, 3.63) is 41.5 Å². The van der Waals surface area contributed by atoms with E-state index in [4.69, 9.17) is 4.42 Å². The monoisotopic (exact) mass is 282 g/mol. The Morgan fingerprint density at radius 3 is 2.74 bits per heavy atom. The maximum Gasteiger partial charge on any atom is 0.277 e. The highest BCUT2D eigenvalue weighted by molar-refractivity contribution is 7.98. The van der Waals surface area contributed by atoms with Gasteiger partial charge < -0.3 is 10.2 Å². The van der Waals surface area contributed by atoms with E-state index in [9.17, 15) is 4.39 Å². The van der Waals surface area contributed by atoms with Gasteiger partial charge in [0.2, 0.25) is 0 Å². The van der Waals surface area contributed by atoms with E-state index in [0.29, 0.717) is 28.3 Å². The van der Waals surface area contributed by atoms with Crippen LogP contribution in [0.2, 0.25) is 0 Å². The van der Waals surface area contributed by atoms with E-state index < -0.39 is 0 Å². The zero-order chi connectivity index (χ0) is 13.8. The third kappa shape index (κ3) is 3.54. The third-order valence-corrected chi connectivity index (χ3v) is 3.72. The van der Waals surface area contributed by atoms with Gasteiger partial charge in [-0.15, -0.1) is 10.2 Å². The van der Waals surface area contributed by atoms with Crippen LogP contribution in [-0.4, -0.2) is 10.2 Å². The second-order valence-electron chi connectivity index (χ2n) is 4.64. The van der Waals surface area contributed by atoms with Crippen molar-refractivity contribution < 1.29 is 14.5 Å². The zero-order valence-corrected chi connectivity index (χ0v) is 11.8. The summed E-state index contributed by atoms with van der Waals surface area (Å²) in [6, 6.07) is 6.65. The van der Waals surface area contributed by atoms with Gasteiger partial charge in [0.05, 0.1) is 0 Å². The Morgan fingerprint density at radius 2 is 2.05 bits per heavy atom. The molecule has 6 heteroatoms. The van der Waals surface area contributed by atoms with E-state index in [-0.39, 0.29) is 11.9 Å². The van der Waals surface area contributed by atoms with Crippen molar-refractivity contribution in [2.75, 3.05) is 0 Å². The Kier molecular flexibility index (Phi) is 4.55. The standard InChI is InChI=1S/C13H16FN3OS/c1-8(2)11(15)12-16-17-13(18-12)19-7-9-5-3-4-6-10(9)14/h3-6,8,11H,7,15H2,1-2H3/p+1/t11-/m0/s1. The topological polar surface area (TPSA) is 66.6 Å². The highest BCUT2D eigenvalue weighted by Crippen LogP contribution is 2.25. The number of benzene rings is 1. The highest BCUT2D eigenvalue weighted by atomic mass is 32.2. The molecule has 0 unspecified atom stereocenters. The van der Waals surface area contributed by atoms with Gasteiger partial charge in [0.25, 0.3) is 11.1 Å². The molecule has 102 valence electrons. The lowest BCUT2D eigenvalue weighted by atomic mass is 10.1. The zero-order valence-electron chi connectivity index (χ0n) is 11.0. The maximum atomic E-state index is 13.4. The predicted molar refractivity (Wildman–Crippen MR) is 70.7 cm³/mol. The average Bonchev–Trinajstić information content (AvgIpc) is 2.85. The summed E-state index contributed by atoms with van der Waals surface area (Å²) in [7, 11) is 0. The molecule has 4 nitrogen and oxygen atoms in total. The molecule has 2 aromatic rings. The lowest BCUT2D eigenvalue weighted by molar-refractivity contribution is -0.443. The molecule has 19 heavy (non-hydrogen) atoms. The average molecular weight is 282 g/mol. The number of thioether (sulfide) groups is 1. The molecule has 1 atom stereocenters. The summed E-state index contributed by atoms with van der Waals surface area (Å²) >= 11 is 1.33. The van der Waals surface area contributed by atoms with E-state index in [1.807, 2.05) is 19.9 Å². The van der Waals surface area contributed by atoms with Crippen molar-refractivity contribution in [2.24, 2.45) is 5.92 Å². The minimum atomic E-state index is -0.216. The number of nitrogens with zero attached hydrogens (tertiary/aromatic N) is 2. The molecule has 0 aliphatic carbocycles. The van der Waals surface area contributed by atoms with Crippen molar-refractivity contribution in [1.29, 1.82) is 0 Å². The van der Waals surface area contributed by atoms with Crippen LogP contribution < -0.4 is 5.73 Å². The number of aromatic nitrogens is 2. The molecule has 0 saturated carbocycles. The first-order chi connectivity index (χ1) is 9.08. The summed E-state index contributed by atoms with van der Waals surface area (Å²) in [6.07, 6.45) is 0. The Morgan fingerprint density at radius 1 is 1.32 bits per heavy atom. The predicted octanol–water partition coefficient (Wildman–Crippen LogP) is 2.44. The van der Waals surface area contributed by atoms with Crippen molar-refractivity contribution in [1.82, 2.24) is 10.2 Å². The Balaban J connectivity index is 1.99. The Labute approximate surface area is 115 Å². The number of hydrogen-bond acceptors (Lipinski definition) is 4. The molecule has 0 amide bonds. The minimum absolute atomic E-state index is 0.0182. The van der Waals surface area contributed by atoms with E-state index in [0.717, 1.165) is 0 Å². The number of halogens is 1. The van der Waals surface area contributed by atoms with Crippen LogP contribution in [-0.2, 0) is 5.75 Å². The molecule has 0 bridgehead atoms. The second-order valence-corrected chi connectivity index (χ2v) is 5.56. The van der Waals surface area contributed by atoms with Crippen LogP contribution in [0.1, 0.15) is 31.3 Å². The molecule has 0 aliphatic rings. The summed E-state index contributed by atoms with van der Waals surface area (Å²) in [5, 5.41) is 8.38. The van der Waals surface area contributed by atoms with Gasteiger partial charge in [-0.05, 0) is 11.6 Å². The molecule has 0 radical (unpaired) electrons. The van der Waals surface area contributed by atoms with Gasteiger partial charge >= 0.3 is 0 Å². The van der Waals surface area contributed by atoms with E-state index in [1.165, 1.54) is 17.8 Å². The largest absolute Gasteiger partial charge is 0.410 e. The molecule has 2 rings (SSSR count). The molecule has 1 aromatic heterocycles. The van der Waals surface area contributed by atoms with Gasteiger partial charge in [0, 0.05) is 11.7 Å². The highest BCUT2D eigenvalue weighted by Gasteiger charge is 2.21. The molecular formula is C13H17FN3OS+. The first-order valence-electron chi connectivity index (χ1n) is 6.10. The quantitative estimate of drug-likeness (QED) is 0.855. The van der Waals surface area contributed by atoms with Crippen LogP contribution >= 0.6 is 11.8 Å². The molecule has 1 aromatic carbocycles. The minimum Gasteiger partial charge on any atom is -0.410 e. The van der Waals surface area contributed by atoms with Crippen LogP contribution in [0.15, 0.2) is 33.9 Å². The van der Waals surface area contributed by atoms with Crippen LogP contribution in [0.4, 0.5) is 4.39 Å². The molecule has 0 saturated heterocycles. The number of rotatable bonds is 5. The van der Waals surface area contributed by atoms with Crippen molar-refractivity contribution in [2.45, 2.75) is 30.9 Å². The third-order valence-electron chi connectivity index (χ3n) is 2.85. The normalized spacial score (nSPS) is 12.9. The summed E-state index contributed by atoms with van der Waals surface area (Å²) < 4.78 is 19.0. The lowest BCUT2D eigenvalue weighted by Crippen LogP contribution is -2.56. The van der Waals surface area contributed by atoms with E-state index >= 15 is 0 Å².